The van der Waals surface area contributed by atoms with Gasteiger partial charge in [-0.3, -0.25) is 14.5 Å². The lowest BCUT2D eigenvalue weighted by Crippen LogP contribution is -2.51. The number of amides is 1. The molecule has 1 amide bonds. The van der Waals surface area contributed by atoms with Crippen molar-refractivity contribution >= 4 is 17.8 Å². The van der Waals surface area contributed by atoms with E-state index in [0.717, 1.165) is 0 Å². The minimum atomic E-state index is -1.46. The van der Waals surface area contributed by atoms with Crippen LogP contribution >= 0.6 is 0 Å². The predicted molar refractivity (Wildman–Crippen MR) is 97.5 cm³/mol. The summed E-state index contributed by atoms with van der Waals surface area (Å²) in [6.45, 7) is 3.42. The Morgan fingerprint density at radius 3 is 2.26 bits per heavy atom. The van der Waals surface area contributed by atoms with E-state index < -0.39 is 23.7 Å². The molecule has 1 saturated heterocycles. The molecule has 0 N–H and O–H groups in total. The van der Waals surface area contributed by atoms with Gasteiger partial charge in [0.05, 0.1) is 13.0 Å². The lowest BCUT2D eigenvalue weighted by Gasteiger charge is -2.33. The van der Waals surface area contributed by atoms with Crippen LogP contribution in [0.2, 0.25) is 0 Å². The Kier molecular flexibility index (Phi) is 5.26. The number of hydrogen-bond acceptors (Lipinski definition) is 5. The quantitative estimate of drug-likeness (QED) is 0.760. The first-order valence-corrected chi connectivity index (χ1v) is 8.77. The number of carbonyl (C=O) groups is 3. The van der Waals surface area contributed by atoms with Crippen molar-refractivity contribution in [2.75, 3.05) is 6.61 Å². The van der Waals surface area contributed by atoms with Crippen molar-refractivity contribution in [2.45, 2.75) is 32.0 Å². The minimum absolute atomic E-state index is 0.193. The van der Waals surface area contributed by atoms with Gasteiger partial charge in [0.25, 0.3) is 5.91 Å². The van der Waals surface area contributed by atoms with Crippen LogP contribution in [0.1, 0.15) is 42.4 Å². The highest BCUT2D eigenvalue weighted by molar-refractivity contribution is 6.01. The molecule has 6 nitrogen and oxygen atoms in total. The van der Waals surface area contributed by atoms with Crippen LogP contribution in [-0.2, 0) is 19.1 Å². The third kappa shape index (κ3) is 3.56. The van der Waals surface area contributed by atoms with Gasteiger partial charge in [-0.05, 0) is 26.0 Å². The van der Waals surface area contributed by atoms with E-state index in [9.17, 15) is 14.4 Å². The van der Waals surface area contributed by atoms with Gasteiger partial charge in [-0.15, -0.1) is 0 Å². The highest BCUT2D eigenvalue weighted by Crippen LogP contribution is 2.41. The molecule has 2 aromatic carbocycles. The van der Waals surface area contributed by atoms with Gasteiger partial charge in [0.1, 0.15) is 0 Å². The molecule has 0 aromatic heterocycles. The van der Waals surface area contributed by atoms with Gasteiger partial charge in [-0.2, -0.15) is 0 Å². The first kappa shape index (κ1) is 18.6. The van der Waals surface area contributed by atoms with Crippen LogP contribution in [0, 0.1) is 0 Å². The predicted octanol–water partition coefficient (Wildman–Crippen LogP) is 3.10. The van der Waals surface area contributed by atoms with Crippen LogP contribution < -0.4 is 0 Å². The van der Waals surface area contributed by atoms with Crippen molar-refractivity contribution in [3.8, 4) is 0 Å². The highest BCUT2D eigenvalue weighted by Gasteiger charge is 2.56. The van der Waals surface area contributed by atoms with Crippen molar-refractivity contribution in [3.05, 3.63) is 71.8 Å². The summed E-state index contributed by atoms with van der Waals surface area (Å²) in [4.78, 5) is 39.5. The maximum atomic E-state index is 13.3. The van der Waals surface area contributed by atoms with E-state index in [-0.39, 0.29) is 18.9 Å². The molecule has 0 radical (unpaired) electrons. The van der Waals surface area contributed by atoms with E-state index in [0.29, 0.717) is 11.1 Å². The van der Waals surface area contributed by atoms with Crippen LogP contribution in [0.25, 0.3) is 0 Å². The molecule has 140 valence electrons. The summed E-state index contributed by atoms with van der Waals surface area (Å²) in [5.41, 5.74) is -0.394. The molecule has 0 saturated carbocycles. The molecule has 3 rings (SSSR count). The number of benzene rings is 2. The summed E-state index contributed by atoms with van der Waals surface area (Å²) in [6, 6.07) is 17.6. The van der Waals surface area contributed by atoms with Crippen molar-refractivity contribution in [1.82, 2.24) is 4.90 Å². The second-order valence-electron chi connectivity index (χ2n) is 6.47. The third-order valence-corrected chi connectivity index (χ3v) is 4.54. The first-order chi connectivity index (χ1) is 13.0. The van der Waals surface area contributed by atoms with Gasteiger partial charge >= 0.3 is 11.9 Å². The molecule has 1 fully saturated rings. The monoisotopic (exact) mass is 367 g/mol. The molecule has 0 unspecified atom stereocenters. The Balaban J connectivity index is 2.04. The van der Waals surface area contributed by atoms with Crippen molar-refractivity contribution in [1.29, 1.82) is 0 Å². The number of nitrogens with zero attached hydrogens (tertiary/aromatic N) is 1. The number of hydrogen-bond donors (Lipinski definition) is 0. The first-order valence-electron chi connectivity index (χ1n) is 8.77. The Morgan fingerprint density at radius 2 is 1.67 bits per heavy atom. The molecule has 0 spiro atoms. The summed E-state index contributed by atoms with van der Waals surface area (Å²) in [6.07, 6.45) is -1.19. The molecule has 0 aliphatic carbocycles. The number of ether oxygens (including phenoxy) is 2. The summed E-state index contributed by atoms with van der Waals surface area (Å²) < 4.78 is 10.6. The topological polar surface area (TPSA) is 72.9 Å². The molecular formula is C21H21NO5. The normalized spacial score (nSPS) is 21.6. The van der Waals surface area contributed by atoms with Crippen molar-refractivity contribution in [2.24, 2.45) is 0 Å². The number of rotatable bonds is 5. The fourth-order valence-electron chi connectivity index (χ4n) is 3.17. The highest BCUT2D eigenvalue weighted by atomic mass is 16.6. The molecule has 2 atom stereocenters. The second-order valence-corrected chi connectivity index (χ2v) is 6.47. The van der Waals surface area contributed by atoms with Crippen LogP contribution in [0.3, 0.4) is 0 Å². The molecule has 2 aromatic rings. The average Bonchev–Trinajstić information content (AvgIpc) is 2.93. The second kappa shape index (κ2) is 7.61. The SMILES string of the molecule is CCOC(=O)C[C@]1(C)C(=O)O[C@@H](c2ccccc2)N1C(=O)c1ccccc1. The summed E-state index contributed by atoms with van der Waals surface area (Å²) >= 11 is 0. The van der Waals surface area contributed by atoms with Gasteiger partial charge < -0.3 is 9.47 Å². The van der Waals surface area contributed by atoms with Gasteiger partial charge in [-0.25, -0.2) is 4.79 Å². The zero-order valence-electron chi connectivity index (χ0n) is 15.3. The summed E-state index contributed by atoms with van der Waals surface area (Å²) in [7, 11) is 0. The lowest BCUT2D eigenvalue weighted by atomic mass is 9.94. The number of esters is 2. The van der Waals surface area contributed by atoms with Crippen LogP contribution in [0.4, 0.5) is 0 Å². The maximum Gasteiger partial charge on any atom is 0.334 e. The lowest BCUT2D eigenvalue weighted by molar-refractivity contribution is -0.152. The Labute approximate surface area is 157 Å². The Morgan fingerprint density at radius 1 is 1.07 bits per heavy atom. The number of carbonyl (C=O) groups excluding carboxylic acids is 3. The largest absolute Gasteiger partial charge is 0.466 e. The van der Waals surface area contributed by atoms with E-state index in [1.807, 2.05) is 6.07 Å². The fourth-order valence-corrected chi connectivity index (χ4v) is 3.17. The zero-order chi connectivity index (χ0) is 19.4. The zero-order valence-corrected chi connectivity index (χ0v) is 15.3. The number of cyclic esters (lactones) is 1. The van der Waals surface area contributed by atoms with Crippen molar-refractivity contribution < 1.29 is 23.9 Å². The molecule has 1 aliphatic rings. The average molecular weight is 367 g/mol. The Hall–Kier alpha value is -3.15. The fraction of sp³-hybridized carbons (Fsp3) is 0.286. The Bertz CT molecular complexity index is 836. The van der Waals surface area contributed by atoms with E-state index in [4.69, 9.17) is 9.47 Å². The standard InChI is InChI=1S/C21H21NO5/c1-3-26-17(23)14-21(2)20(25)27-19(16-12-8-5-9-13-16)22(21)18(24)15-10-6-4-7-11-15/h4-13,19H,3,14H2,1-2H3/t19-,21+/m0/s1. The van der Waals surface area contributed by atoms with E-state index in [2.05, 4.69) is 0 Å². The molecular weight excluding hydrogens is 346 g/mol. The minimum Gasteiger partial charge on any atom is -0.466 e. The van der Waals surface area contributed by atoms with Crippen molar-refractivity contribution in [3.63, 3.8) is 0 Å². The van der Waals surface area contributed by atoms with E-state index >= 15 is 0 Å². The van der Waals surface area contributed by atoms with Gasteiger partial charge in [0.2, 0.25) is 6.23 Å². The van der Waals surface area contributed by atoms with Crippen LogP contribution in [-0.4, -0.2) is 34.9 Å². The summed E-state index contributed by atoms with van der Waals surface area (Å²) in [5.74, 6) is -1.58. The van der Waals surface area contributed by atoms with Gasteiger partial charge in [0.15, 0.2) is 5.54 Å². The molecule has 27 heavy (non-hydrogen) atoms. The van der Waals surface area contributed by atoms with Gasteiger partial charge in [-0.1, -0.05) is 48.5 Å². The van der Waals surface area contributed by atoms with Crippen LogP contribution in [0.15, 0.2) is 60.7 Å². The molecule has 0 bridgehead atoms. The third-order valence-electron chi connectivity index (χ3n) is 4.54. The molecule has 6 heteroatoms. The van der Waals surface area contributed by atoms with Crippen LogP contribution in [0.5, 0.6) is 0 Å². The molecule has 1 aliphatic heterocycles. The van der Waals surface area contributed by atoms with Gasteiger partial charge in [0, 0.05) is 11.1 Å². The summed E-state index contributed by atoms with van der Waals surface area (Å²) in [5, 5.41) is 0. The molecule has 1 heterocycles. The van der Waals surface area contributed by atoms with E-state index in [1.165, 1.54) is 11.8 Å². The van der Waals surface area contributed by atoms with E-state index in [1.54, 1.807) is 61.5 Å². The smallest absolute Gasteiger partial charge is 0.334 e. The maximum absolute atomic E-state index is 13.3.